The summed E-state index contributed by atoms with van der Waals surface area (Å²) in [5.74, 6) is 0.0334. The number of anilines is 1. The minimum atomic E-state index is -0.774. The summed E-state index contributed by atoms with van der Waals surface area (Å²) < 4.78 is 9.00. The molecule has 6 nitrogen and oxygen atoms in total. The Balaban J connectivity index is 1.88. The highest BCUT2D eigenvalue weighted by Crippen LogP contribution is 2.25. The van der Waals surface area contributed by atoms with Gasteiger partial charge in [-0.05, 0) is 37.6 Å². The Labute approximate surface area is 168 Å². The van der Waals surface area contributed by atoms with Crippen molar-refractivity contribution in [3.8, 4) is 11.4 Å². The Bertz CT molecular complexity index is 1040. The number of rotatable bonds is 6. The fourth-order valence-corrected chi connectivity index (χ4v) is 3.11. The van der Waals surface area contributed by atoms with Crippen LogP contribution in [0.15, 0.2) is 59.4 Å². The van der Waals surface area contributed by atoms with Gasteiger partial charge in [-0.15, -0.1) is 0 Å². The predicted octanol–water partition coefficient (Wildman–Crippen LogP) is 3.93. The maximum atomic E-state index is 12.9. The first-order valence-corrected chi connectivity index (χ1v) is 9.38. The van der Waals surface area contributed by atoms with Crippen molar-refractivity contribution in [3.63, 3.8) is 0 Å². The number of carbonyl (C=O) groups excluding carboxylic acids is 1. The molecule has 0 radical (unpaired) electrons. The number of nitrogens with zero attached hydrogens (tertiary/aromatic N) is 2. The number of hydrogen-bond donors (Lipinski definition) is 1. The van der Waals surface area contributed by atoms with Crippen LogP contribution in [-0.2, 0) is 11.8 Å². The minimum Gasteiger partial charge on any atom is -0.479 e. The van der Waals surface area contributed by atoms with Gasteiger partial charge in [-0.3, -0.25) is 14.3 Å². The summed E-state index contributed by atoms with van der Waals surface area (Å²) in [6, 6.07) is 16.2. The van der Waals surface area contributed by atoms with Gasteiger partial charge in [-0.2, -0.15) is 0 Å². The van der Waals surface area contributed by atoms with Crippen LogP contribution in [0.3, 0.4) is 0 Å². The van der Waals surface area contributed by atoms with Gasteiger partial charge in [-0.1, -0.05) is 48.9 Å². The SMILES string of the molecule is CC[C@@H](Oc1ccccc1Cl)C(=O)Nc1c(C)n(C)n(-c2ccccc2)c1=O. The Morgan fingerprint density at radius 2 is 1.79 bits per heavy atom. The van der Waals surface area contributed by atoms with Gasteiger partial charge >= 0.3 is 0 Å². The molecule has 3 aromatic rings. The highest BCUT2D eigenvalue weighted by Gasteiger charge is 2.24. The van der Waals surface area contributed by atoms with Crippen molar-refractivity contribution in [1.29, 1.82) is 0 Å². The molecule has 0 saturated heterocycles. The summed E-state index contributed by atoms with van der Waals surface area (Å²) in [6.45, 7) is 3.62. The van der Waals surface area contributed by atoms with E-state index >= 15 is 0 Å². The summed E-state index contributed by atoms with van der Waals surface area (Å²) in [5, 5.41) is 3.17. The number of carbonyl (C=O) groups is 1. The number of halogens is 1. The summed E-state index contributed by atoms with van der Waals surface area (Å²) >= 11 is 6.12. The molecule has 1 atom stereocenters. The summed E-state index contributed by atoms with van der Waals surface area (Å²) in [5.41, 5.74) is 1.30. The van der Waals surface area contributed by atoms with Crippen LogP contribution in [0.5, 0.6) is 5.75 Å². The van der Waals surface area contributed by atoms with Gasteiger partial charge in [0.15, 0.2) is 6.10 Å². The molecule has 7 heteroatoms. The average molecular weight is 400 g/mol. The lowest BCUT2D eigenvalue weighted by Crippen LogP contribution is -2.34. The summed E-state index contributed by atoms with van der Waals surface area (Å²) in [4.78, 5) is 25.7. The number of para-hydroxylation sites is 2. The second kappa shape index (κ2) is 8.35. The first kappa shape index (κ1) is 19.8. The van der Waals surface area contributed by atoms with Crippen molar-refractivity contribution >= 4 is 23.2 Å². The van der Waals surface area contributed by atoms with Crippen LogP contribution in [0.1, 0.15) is 19.0 Å². The van der Waals surface area contributed by atoms with E-state index in [0.717, 1.165) is 5.69 Å². The second-order valence-corrected chi connectivity index (χ2v) is 6.78. The molecular formula is C21H22ClN3O3. The number of nitrogens with one attached hydrogen (secondary N) is 1. The molecular weight excluding hydrogens is 378 g/mol. The Kier molecular flexibility index (Phi) is 5.90. The highest BCUT2D eigenvalue weighted by molar-refractivity contribution is 6.32. The van der Waals surface area contributed by atoms with Gasteiger partial charge < -0.3 is 10.1 Å². The van der Waals surface area contributed by atoms with E-state index in [1.54, 1.807) is 42.9 Å². The molecule has 1 N–H and O–H groups in total. The smallest absolute Gasteiger partial charge is 0.295 e. The lowest BCUT2D eigenvalue weighted by atomic mass is 10.2. The number of ether oxygens (including phenoxy) is 1. The van der Waals surface area contributed by atoms with E-state index in [-0.39, 0.29) is 11.2 Å². The maximum Gasteiger partial charge on any atom is 0.295 e. The molecule has 0 bridgehead atoms. The molecule has 1 aromatic heterocycles. The third kappa shape index (κ3) is 3.82. The van der Waals surface area contributed by atoms with Crippen molar-refractivity contribution in [1.82, 2.24) is 9.36 Å². The Hall–Kier alpha value is -2.99. The van der Waals surface area contributed by atoms with E-state index < -0.39 is 12.0 Å². The lowest BCUT2D eigenvalue weighted by molar-refractivity contribution is -0.122. The van der Waals surface area contributed by atoms with Crippen LogP contribution in [-0.4, -0.2) is 21.4 Å². The second-order valence-electron chi connectivity index (χ2n) is 6.37. The molecule has 0 aliphatic carbocycles. The van der Waals surface area contributed by atoms with Crippen molar-refractivity contribution in [2.75, 3.05) is 5.32 Å². The first-order valence-electron chi connectivity index (χ1n) is 9.00. The van der Waals surface area contributed by atoms with Crippen LogP contribution < -0.4 is 15.6 Å². The Morgan fingerprint density at radius 1 is 1.14 bits per heavy atom. The van der Waals surface area contributed by atoms with Crippen LogP contribution in [0.25, 0.3) is 5.69 Å². The first-order chi connectivity index (χ1) is 13.4. The van der Waals surface area contributed by atoms with Gasteiger partial charge in [-0.25, -0.2) is 4.68 Å². The van der Waals surface area contributed by atoms with Crippen molar-refractivity contribution in [2.45, 2.75) is 26.4 Å². The lowest BCUT2D eigenvalue weighted by Gasteiger charge is -2.17. The van der Waals surface area contributed by atoms with E-state index in [1.807, 2.05) is 37.3 Å². The largest absolute Gasteiger partial charge is 0.479 e. The van der Waals surface area contributed by atoms with E-state index in [9.17, 15) is 9.59 Å². The molecule has 0 spiro atoms. The van der Waals surface area contributed by atoms with Crippen LogP contribution in [0.4, 0.5) is 5.69 Å². The normalized spacial score (nSPS) is 11.9. The maximum absolute atomic E-state index is 12.9. The van der Waals surface area contributed by atoms with Crippen molar-refractivity contribution in [3.05, 3.63) is 75.7 Å². The molecule has 0 saturated carbocycles. The number of hydrogen-bond acceptors (Lipinski definition) is 3. The molecule has 0 unspecified atom stereocenters. The van der Waals surface area contributed by atoms with E-state index in [0.29, 0.717) is 22.9 Å². The van der Waals surface area contributed by atoms with Gasteiger partial charge in [0, 0.05) is 7.05 Å². The third-order valence-electron chi connectivity index (χ3n) is 4.57. The molecule has 1 amide bonds. The molecule has 1 heterocycles. The van der Waals surface area contributed by atoms with Crippen LogP contribution >= 0.6 is 11.6 Å². The minimum absolute atomic E-state index is 0.234. The van der Waals surface area contributed by atoms with Crippen LogP contribution in [0.2, 0.25) is 5.02 Å². The summed E-state index contributed by atoms with van der Waals surface area (Å²) in [6.07, 6.45) is -0.348. The van der Waals surface area contributed by atoms with Crippen LogP contribution in [0, 0.1) is 6.92 Å². The van der Waals surface area contributed by atoms with E-state index in [1.165, 1.54) is 4.68 Å². The number of amides is 1. The highest BCUT2D eigenvalue weighted by atomic mass is 35.5. The summed E-state index contributed by atoms with van der Waals surface area (Å²) in [7, 11) is 1.77. The molecule has 2 aromatic carbocycles. The zero-order valence-electron chi connectivity index (χ0n) is 16.0. The molecule has 3 rings (SSSR count). The topological polar surface area (TPSA) is 65.3 Å². The van der Waals surface area contributed by atoms with Gasteiger partial charge in [0.05, 0.1) is 16.4 Å². The molecule has 146 valence electrons. The fourth-order valence-electron chi connectivity index (χ4n) is 2.93. The average Bonchev–Trinajstić information content (AvgIpc) is 2.91. The zero-order valence-corrected chi connectivity index (χ0v) is 16.7. The van der Waals surface area contributed by atoms with Gasteiger partial charge in [0.2, 0.25) is 0 Å². The Morgan fingerprint density at radius 3 is 2.43 bits per heavy atom. The van der Waals surface area contributed by atoms with Gasteiger partial charge in [0.25, 0.3) is 11.5 Å². The van der Waals surface area contributed by atoms with Crippen molar-refractivity contribution < 1.29 is 9.53 Å². The number of benzene rings is 2. The van der Waals surface area contributed by atoms with Crippen molar-refractivity contribution in [2.24, 2.45) is 7.05 Å². The molecule has 0 aliphatic heterocycles. The third-order valence-corrected chi connectivity index (χ3v) is 4.88. The number of aromatic nitrogens is 2. The van der Waals surface area contributed by atoms with E-state index in [2.05, 4.69) is 5.32 Å². The fraction of sp³-hybridized carbons (Fsp3) is 0.238. The zero-order chi connectivity index (χ0) is 20.3. The molecule has 0 aliphatic rings. The quantitative estimate of drug-likeness (QED) is 0.682. The monoisotopic (exact) mass is 399 g/mol. The molecule has 0 fully saturated rings. The van der Waals surface area contributed by atoms with E-state index in [4.69, 9.17) is 16.3 Å². The van der Waals surface area contributed by atoms with Gasteiger partial charge in [0.1, 0.15) is 11.4 Å². The predicted molar refractivity (Wildman–Crippen MR) is 111 cm³/mol. The standard InChI is InChI=1S/C21H22ClN3O3/c1-4-17(28-18-13-9-8-12-16(18)22)20(26)23-19-14(2)24(3)25(21(19)27)15-10-6-5-7-11-15/h5-13,17H,4H2,1-3H3,(H,23,26)/t17-/m1/s1. The molecule has 28 heavy (non-hydrogen) atoms.